The van der Waals surface area contributed by atoms with E-state index in [9.17, 15) is 4.79 Å². The van der Waals surface area contributed by atoms with Crippen LogP contribution in [0.1, 0.15) is 15.2 Å². The molecule has 0 bridgehead atoms. The lowest BCUT2D eigenvalue weighted by Gasteiger charge is -2.00. The fraction of sp³-hybridized carbons (Fsp3) is 0.200. The minimum Gasteiger partial charge on any atom is -0.347 e. The lowest BCUT2D eigenvalue weighted by molar-refractivity contribution is 0.0951. The molecule has 0 atom stereocenters. The smallest absolute Gasteiger partial charge is 0.254 e. The van der Waals surface area contributed by atoms with Crippen molar-refractivity contribution in [2.24, 2.45) is 7.05 Å². The first-order valence-corrected chi connectivity index (χ1v) is 6.32. The second kappa shape index (κ2) is 4.80. The molecule has 0 aliphatic rings. The largest absolute Gasteiger partial charge is 0.347 e. The Kier molecular flexibility index (Phi) is 3.40. The van der Waals surface area contributed by atoms with Crippen LogP contribution >= 0.6 is 27.3 Å². The van der Waals surface area contributed by atoms with Gasteiger partial charge in [0.05, 0.1) is 18.3 Å². The summed E-state index contributed by atoms with van der Waals surface area (Å²) in [6.45, 7) is 0.546. The lowest BCUT2D eigenvalue weighted by Crippen LogP contribution is -2.21. The van der Waals surface area contributed by atoms with Gasteiger partial charge < -0.3 is 5.32 Å². The van der Waals surface area contributed by atoms with Crippen molar-refractivity contribution in [1.29, 1.82) is 0 Å². The third-order valence-electron chi connectivity index (χ3n) is 2.01. The van der Waals surface area contributed by atoms with Gasteiger partial charge in [0.2, 0.25) is 0 Å². The Morgan fingerprint density at radius 2 is 2.50 bits per heavy atom. The predicted molar refractivity (Wildman–Crippen MR) is 66.4 cm³/mol. The van der Waals surface area contributed by atoms with Crippen molar-refractivity contribution in [2.45, 2.75) is 6.54 Å². The van der Waals surface area contributed by atoms with Crippen molar-refractivity contribution >= 4 is 33.2 Å². The number of nitrogens with one attached hydrogen (secondary N) is 1. The van der Waals surface area contributed by atoms with Gasteiger partial charge in [0.25, 0.3) is 5.91 Å². The molecule has 0 fully saturated rings. The molecule has 1 N–H and O–H groups in total. The van der Waals surface area contributed by atoms with E-state index >= 15 is 0 Å². The Hall–Kier alpha value is -1.14. The van der Waals surface area contributed by atoms with Crippen LogP contribution in [0.15, 0.2) is 28.3 Å². The molecule has 0 spiro atoms. The zero-order chi connectivity index (χ0) is 11.5. The zero-order valence-electron chi connectivity index (χ0n) is 8.61. The predicted octanol–water partition coefficient (Wildman–Crippen LogP) is 2.17. The molecule has 1 amide bonds. The second-order valence-electron chi connectivity index (χ2n) is 3.32. The number of hydrogen-bond acceptors (Lipinski definition) is 3. The summed E-state index contributed by atoms with van der Waals surface area (Å²) < 4.78 is 2.65. The molecular formula is C10H10BrN3OS. The lowest BCUT2D eigenvalue weighted by atomic mass is 10.3. The third-order valence-corrected chi connectivity index (χ3v) is 3.71. The van der Waals surface area contributed by atoms with Crippen molar-refractivity contribution in [2.75, 3.05) is 0 Å². The van der Waals surface area contributed by atoms with Gasteiger partial charge in [-0.05, 0) is 22.0 Å². The van der Waals surface area contributed by atoms with Crippen molar-refractivity contribution in [1.82, 2.24) is 15.1 Å². The van der Waals surface area contributed by atoms with Crippen LogP contribution in [0, 0.1) is 0 Å². The van der Waals surface area contributed by atoms with E-state index in [1.165, 1.54) is 0 Å². The van der Waals surface area contributed by atoms with Gasteiger partial charge in [-0.15, -0.1) is 11.3 Å². The van der Waals surface area contributed by atoms with Crippen molar-refractivity contribution in [3.05, 3.63) is 38.8 Å². The Balaban J connectivity index is 1.93. The van der Waals surface area contributed by atoms with E-state index in [1.54, 1.807) is 35.5 Å². The van der Waals surface area contributed by atoms with Crippen LogP contribution in [0.4, 0.5) is 0 Å². The first-order valence-electron chi connectivity index (χ1n) is 4.65. The molecule has 0 unspecified atom stereocenters. The summed E-state index contributed by atoms with van der Waals surface area (Å²) in [6, 6.07) is 1.99. The number of thiophene rings is 1. The van der Waals surface area contributed by atoms with Gasteiger partial charge in [0.1, 0.15) is 0 Å². The average Bonchev–Trinajstić information content (AvgIpc) is 2.84. The Morgan fingerprint density at radius 3 is 3.06 bits per heavy atom. The molecule has 0 aliphatic carbocycles. The quantitative estimate of drug-likeness (QED) is 0.944. The van der Waals surface area contributed by atoms with Crippen molar-refractivity contribution < 1.29 is 4.79 Å². The highest BCUT2D eigenvalue weighted by atomic mass is 79.9. The van der Waals surface area contributed by atoms with E-state index in [2.05, 4.69) is 26.3 Å². The van der Waals surface area contributed by atoms with Crippen molar-refractivity contribution in [3.63, 3.8) is 0 Å². The number of aryl methyl sites for hydroxylation is 1. The molecule has 4 nitrogen and oxygen atoms in total. The van der Waals surface area contributed by atoms with Gasteiger partial charge in [-0.2, -0.15) is 5.10 Å². The van der Waals surface area contributed by atoms with E-state index in [0.29, 0.717) is 12.1 Å². The van der Waals surface area contributed by atoms with E-state index < -0.39 is 0 Å². The van der Waals surface area contributed by atoms with Crippen LogP contribution in [0.3, 0.4) is 0 Å². The fourth-order valence-electron chi connectivity index (χ4n) is 1.25. The molecule has 16 heavy (non-hydrogen) atoms. The van der Waals surface area contributed by atoms with Crippen LogP contribution in [0.2, 0.25) is 0 Å². The summed E-state index contributed by atoms with van der Waals surface area (Å²) in [4.78, 5) is 12.8. The maximum atomic E-state index is 11.7. The number of carbonyl (C=O) groups is 1. The number of hydrogen-bond donors (Lipinski definition) is 1. The summed E-state index contributed by atoms with van der Waals surface area (Å²) >= 11 is 4.98. The van der Waals surface area contributed by atoms with E-state index in [4.69, 9.17) is 0 Å². The number of carbonyl (C=O) groups excluding carboxylic acids is 1. The van der Waals surface area contributed by atoms with Gasteiger partial charge >= 0.3 is 0 Å². The third kappa shape index (κ3) is 2.70. The number of nitrogens with zero attached hydrogens (tertiary/aromatic N) is 2. The second-order valence-corrected chi connectivity index (χ2v) is 5.23. The molecule has 2 aromatic rings. The van der Waals surface area contributed by atoms with Crippen LogP contribution in [0.5, 0.6) is 0 Å². The van der Waals surface area contributed by atoms with Crippen molar-refractivity contribution in [3.8, 4) is 0 Å². The molecule has 84 valence electrons. The summed E-state index contributed by atoms with van der Waals surface area (Å²) in [5.41, 5.74) is 0.582. The SMILES string of the molecule is Cn1cc(C(=O)NCc2cc(Br)cs2)cn1. The number of halogens is 1. The highest BCUT2D eigenvalue weighted by molar-refractivity contribution is 9.10. The maximum Gasteiger partial charge on any atom is 0.254 e. The molecule has 0 radical (unpaired) electrons. The van der Waals surface area contributed by atoms with Gasteiger partial charge in [-0.1, -0.05) is 0 Å². The monoisotopic (exact) mass is 299 g/mol. The van der Waals surface area contributed by atoms with E-state index in [-0.39, 0.29) is 5.91 Å². The summed E-state index contributed by atoms with van der Waals surface area (Å²) in [5.74, 6) is -0.0994. The van der Waals surface area contributed by atoms with Gasteiger partial charge in [0, 0.05) is 28.0 Å². The summed E-state index contributed by atoms with van der Waals surface area (Å²) in [7, 11) is 1.78. The van der Waals surface area contributed by atoms with Gasteiger partial charge in [0.15, 0.2) is 0 Å². The first kappa shape index (κ1) is 11.3. The molecule has 2 aromatic heterocycles. The molecule has 0 aliphatic heterocycles. The summed E-state index contributed by atoms with van der Waals surface area (Å²) in [5, 5.41) is 8.78. The zero-order valence-corrected chi connectivity index (χ0v) is 11.0. The first-order chi connectivity index (χ1) is 7.65. The number of amides is 1. The Morgan fingerprint density at radius 1 is 1.69 bits per heavy atom. The Bertz CT molecular complexity index is 506. The van der Waals surface area contributed by atoms with E-state index in [1.807, 2.05) is 11.4 Å². The number of rotatable bonds is 3. The van der Waals surface area contributed by atoms with Gasteiger partial charge in [-0.3, -0.25) is 9.48 Å². The van der Waals surface area contributed by atoms with Crippen LogP contribution in [-0.4, -0.2) is 15.7 Å². The molecule has 2 rings (SSSR count). The molecule has 0 saturated heterocycles. The average molecular weight is 300 g/mol. The molecule has 6 heteroatoms. The number of aromatic nitrogens is 2. The molecular weight excluding hydrogens is 290 g/mol. The maximum absolute atomic E-state index is 11.7. The normalized spacial score (nSPS) is 10.4. The molecule has 0 saturated carbocycles. The van der Waals surface area contributed by atoms with Crippen LogP contribution in [-0.2, 0) is 13.6 Å². The topological polar surface area (TPSA) is 46.9 Å². The highest BCUT2D eigenvalue weighted by Gasteiger charge is 2.07. The minimum atomic E-state index is -0.0994. The summed E-state index contributed by atoms with van der Waals surface area (Å²) in [6.07, 6.45) is 3.25. The molecule has 2 heterocycles. The van der Waals surface area contributed by atoms with Crippen LogP contribution < -0.4 is 5.32 Å². The van der Waals surface area contributed by atoms with Gasteiger partial charge in [-0.25, -0.2) is 0 Å². The highest BCUT2D eigenvalue weighted by Crippen LogP contribution is 2.19. The standard InChI is InChI=1S/C10H10BrN3OS/c1-14-5-7(3-13-14)10(15)12-4-9-2-8(11)6-16-9/h2-3,5-6H,4H2,1H3,(H,12,15). The Labute approximate surface area is 105 Å². The molecule has 0 aromatic carbocycles. The minimum absolute atomic E-state index is 0.0994. The van der Waals surface area contributed by atoms with E-state index in [0.717, 1.165) is 9.35 Å². The fourth-order valence-corrected chi connectivity index (χ4v) is 2.65. The van der Waals surface area contributed by atoms with Crippen LogP contribution in [0.25, 0.3) is 0 Å².